The van der Waals surface area contributed by atoms with Crippen molar-refractivity contribution in [3.63, 3.8) is 0 Å². The first-order chi connectivity index (χ1) is 9.16. The van der Waals surface area contributed by atoms with E-state index in [2.05, 4.69) is 6.07 Å². The molecule has 0 spiro atoms. The third-order valence-corrected chi connectivity index (χ3v) is 4.25. The van der Waals surface area contributed by atoms with Crippen LogP contribution in [0.25, 0.3) is 21.2 Å². The Morgan fingerprint density at radius 3 is 2.74 bits per heavy atom. The zero-order valence-corrected chi connectivity index (χ0v) is 11.4. The number of fused-ring (bicyclic) bond motifs is 1. The average molecular weight is 271 g/mol. The second kappa shape index (κ2) is 4.76. The fourth-order valence-electron chi connectivity index (χ4n) is 2.24. The van der Waals surface area contributed by atoms with Gasteiger partial charge in [0.05, 0.1) is 0 Å². The standard InChI is InChI=1S/C16H14FNS/c1-10(18)12-5-6-15(17)14(9-12)13-4-2-3-11-7-8-19-16(11)13/h2-10H,18H2,1H3. The van der Waals surface area contributed by atoms with Crippen LogP contribution >= 0.6 is 11.3 Å². The van der Waals surface area contributed by atoms with Gasteiger partial charge in [0.1, 0.15) is 5.82 Å². The predicted octanol–water partition coefficient (Wildman–Crippen LogP) is 4.73. The van der Waals surface area contributed by atoms with Gasteiger partial charge in [0.2, 0.25) is 0 Å². The molecule has 0 aliphatic carbocycles. The Hall–Kier alpha value is -1.71. The molecular formula is C16H14FNS. The van der Waals surface area contributed by atoms with Gasteiger partial charge < -0.3 is 5.73 Å². The van der Waals surface area contributed by atoms with Gasteiger partial charge in [-0.15, -0.1) is 11.3 Å². The van der Waals surface area contributed by atoms with E-state index in [4.69, 9.17) is 5.73 Å². The highest BCUT2D eigenvalue weighted by Crippen LogP contribution is 2.34. The molecule has 19 heavy (non-hydrogen) atoms. The summed E-state index contributed by atoms with van der Waals surface area (Å²) in [6.45, 7) is 1.91. The first-order valence-electron chi connectivity index (χ1n) is 6.18. The Balaban J connectivity index is 2.26. The van der Waals surface area contributed by atoms with E-state index in [-0.39, 0.29) is 11.9 Å². The lowest BCUT2D eigenvalue weighted by molar-refractivity contribution is 0.629. The van der Waals surface area contributed by atoms with Crippen molar-refractivity contribution in [2.75, 3.05) is 0 Å². The van der Waals surface area contributed by atoms with Crippen molar-refractivity contribution < 1.29 is 4.39 Å². The van der Waals surface area contributed by atoms with Gasteiger partial charge in [-0.2, -0.15) is 0 Å². The highest BCUT2D eigenvalue weighted by atomic mass is 32.1. The molecule has 3 heteroatoms. The van der Waals surface area contributed by atoms with E-state index < -0.39 is 0 Å². The second-order valence-corrected chi connectivity index (χ2v) is 5.59. The lowest BCUT2D eigenvalue weighted by Crippen LogP contribution is -2.05. The van der Waals surface area contributed by atoms with E-state index >= 15 is 0 Å². The Morgan fingerprint density at radius 1 is 1.11 bits per heavy atom. The van der Waals surface area contributed by atoms with Gasteiger partial charge in [0.15, 0.2) is 0 Å². The molecule has 0 bridgehead atoms. The number of hydrogen-bond donors (Lipinski definition) is 1. The molecule has 0 fully saturated rings. The summed E-state index contributed by atoms with van der Waals surface area (Å²) >= 11 is 1.63. The molecule has 2 aromatic carbocycles. The van der Waals surface area contributed by atoms with Crippen LogP contribution in [0.2, 0.25) is 0 Å². The van der Waals surface area contributed by atoms with Crippen LogP contribution < -0.4 is 5.73 Å². The summed E-state index contributed by atoms with van der Waals surface area (Å²) in [5, 5.41) is 3.18. The molecule has 2 N–H and O–H groups in total. The SMILES string of the molecule is CC(N)c1ccc(F)c(-c2cccc3ccsc23)c1. The quantitative estimate of drug-likeness (QED) is 0.716. The monoisotopic (exact) mass is 271 g/mol. The first-order valence-corrected chi connectivity index (χ1v) is 7.06. The minimum absolute atomic E-state index is 0.0955. The van der Waals surface area contributed by atoms with Gasteiger partial charge in [0, 0.05) is 21.9 Å². The molecule has 0 aliphatic rings. The summed E-state index contributed by atoms with van der Waals surface area (Å²) in [5.41, 5.74) is 8.40. The van der Waals surface area contributed by atoms with E-state index in [1.165, 1.54) is 6.07 Å². The van der Waals surface area contributed by atoms with Crippen molar-refractivity contribution in [1.29, 1.82) is 0 Å². The van der Waals surface area contributed by atoms with Crippen LogP contribution in [0.3, 0.4) is 0 Å². The maximum atomic E-state index is 14.1. The van der Waals surface area contributed by atoms with Gasteiger partial charge >= 0.3 is 0 Å². The summed E-state index contributed by atoms with van der Waals surface area (Å²) in [5.74, 6) is -0.203. The molecule has 1 unspecified atom stereocenters. The topological polar surface area (TPSA) is 26.0 Å². The van der Waals surface area contributed by atoms with Crippen LogP contribution in [0.1, 0.15) is 18.5 Å². The van der Waals surface area contributed by atoms with Crippen molar-refractivity contribution >= 4 is 21.4 Å². The molecule has 96 valence electrons. The summed E-state index contributed by atoms with van der Waals surface area (Å²) in [6, 6.07) is 13.0. The zero-order chi connectivity index (χ0) is 13.4. The van der Waals surface area contributed by atoms with Crippen LogP contribution in [-0.4, -0.2) is 0 Å². The van der Waals surface area contributed by atoms with Crippen molar-refractivity contribution in [2.24, 2.45) is 5.73 Å². The number of thiophene rings is 1. The third-order valence-electron chi connectivity index (χ3n) is 3.29. The van der Waals surface area contributed by atoms with Crippen molar-refractivity contribution in [3.05, 3.63) is 59.2 Å². The highest BCUT2D eigenvalue weighted by molar-refractivity contribution is 7.17. The van der Waals surface area contributed by atoms with Crippen LogP contribution in [-0.2, 0) is 0 Å². The molecule has 1 nitrogen and oxygen atoms in total. The maximum Gasteiger partial charge on any atom is 0.131 e. The van der Waals surface area contributed by atoms with Crippen LogP contribution in [0, 0.1) is 5.82 Å². The molecule has 3 aromatic rings. The van der Waals surface area contributed by atoms with E-state index in [1.807, 2.05) is 36.6 Å². The predicted molar refractivity (Wildman–Crippen MR) is 79.8 cm³/mol. The smallest absolute Gasteiger partial charge is 0.131 e. The van der Waals surface area contributed by atoms with Crippen LogP contribution in [0.5, 0.6) is 0 Å². The zero-order valence-electron chi connectivity index (χ0n) is 10.6. The summed E-state index contributed by atoms with van der Waals surface area (Å²) in [4.78, 5) is 0. The van der Waals surface area contributed by atoms with Gasteiger partial charge in [-0.1, -0.05) is 24.3 Å². The third kappa shape index (κ3) is 2.15. The van der Waals surface area contributed by atoms with Crippen LogP contribution in [0.4, 0.5) is 4.39 Å². The Morgan fingerprint density at radius 2 is 1.95 bits per heavy atom. The molecule has 0 saturated carbocycles. The number of benzene rings is 2. The van der Waals surface area contributed by atoms with E-state index in [1.54, 1.807) is 17.4 Å². The molecule has 1 heterocycles. The minimum atomic E-state index is -0.203. The maximum absolute atomic E-state index is 14.1. The summed E-state index contributed by atoms with van der Waals surface area (Å²) < 4.78 is 15.2. The molecule has 0 aliphatic heterocycles. The lowest BCUT2D eigenvalue weighted by Gasteiger charge is -2.10. The molecule has 0 amide bonds. The number of nitrogens with two attached hydrogens (primary N) is 1. The van der Waals surface area contributed by atoms with Gasteiger partial charge in [-0.25, -0.2) is 4.39 Å². The largest absolute Gasteiger partial charge is 0.324 e. The normalized spacial score (nSPS) is 12.8. The first kappa shape index (κ1) is 12.3. The number of hydrogen-bond acceptors (Lipinski definition) is 2. The molecule has 0 saturated heterocycles. The Labute approximate surface area is 115 Å². The van der Waals surface area contributed by atoms with Crippen molar-refractivity contribution in [1.82, 2.24) is 0 Å². The Bertz CT molecular complexity index is 730. The molecule has 1 aromatic heterocycles. The fourth-order valence-corrected chi connectivity index (χ4v) is 3.17. The number of rotatable bonds is 2. The van der Waals surface area contributed by atoms with Crippen molar-refractivity contribution in [2.45, 2.75) is 13.0 Å². The lowest BCUT2D eigenvalue weighted by atomic mass is 9.99. The van der Waals surface area contributed by atoms with E-state index in [0.717, 1.165) is 21.2 Å². The van der Waals surface area contributed by atoms with Gasteiger partial charge in [-0.3, -0.25) is 0 Å². The average Bonchev–Trinajstić information content (AvgIpc) is 2.87. The fraction of sp³-hybridized carbons (Fsp3) is 0.125. The molecular weight excluding hydrogens is 257 g/mol. The van der Waals surface area contributed by atoms with Crippen molar-refractivity contribution in [3.8, 4) is 11.1 Å². The van der Waals surface area contributed by atoms with Gasteiger partial charge in [-0.05, 0) is 41.5 Å². The summed E-state index contributed by atoms with van der Waals surface area (Å²) in [7, 11) is 0. The number of halogens is 1. The Kier molecular flexibility index (Phi) is 3.09. The molecule has 0 radical (unpaired) electrons. The van der Waals surface area contributed by atoms with Gasteiger partial charge in [0.25, 0.3) is 0 Å². The summed E-state index contributed by atoms with van der Waals surface area (Å²) in [6.07, 6.45) is 0. The molecule has 1 atom stereocenters. The molecule has 3 rings (SSSR count). The minimum Gasteiger partial charge on any atom is -0.324 e. The van der Waals surface area contributed by atoms with E-state index in [0.29, 0.717) is 5.56 Å². The highest BCUT2D eigenvalue weighted by Gasteiger charge is 2.11. The second-order valence-electron chi connectivity index (χ2n) is 4.67. The van der Waals surface area contributed by atoms with E-state index in [9.17, 15) is 4.39 Å². The van der Waals surface area contributed by atoms with Crippen LogP contribution in [0.15, 0.2) is 47.8 Å².